The zero-order valence-electron chi connectivity index (χ0n) is 17.9. The predicted octanol–water partition coefficient (Wildman–Crippen LogP) is 5.01. The van der Waals surface area contributed by atoms with E-state index < -0.39 is 0 Å². The lowest BCUT2D eigenvalue weighted by atomic mass is 9.94. The van der Waals surface area contributed by atoms with Gasteiger partial charge in [-0.15, -0.1) is 0 Å². The van der Waals surface area contributed by atoms with Crippen molar-refractivity contribution in [3.05, 3.63) is 76.6 Å². The number of piperazine rings is 1. The molecule has 2 heterocycles. The van der Waals surface area contributed by atoms with Crippen LogP contribution in [0.15, 0.2) is 54.6 Å². The molecule has 2 aromatic carbocycles. The Bertz CT molecular complexity index is 1010. The lowest BCUT2D eigenvalue weighted by Gasteiger charge is -2.41. The van der Waals surface area contributed by atoms with Gasteiger partial charge in [0.15, 0.2) is 0 Å². The number of halogens is 1. The summed E-state index contributed by atoms with van der Waals surface area (Å²) >= 11 is 7.40. The number of aromatic nitrogens is 2. The molecule has 162 valence electrons. The molecule has 1 fully saturated rings. The molecular formula is C24H27ClN4OS. The van der Waals surface area contributed by atoms with Gasteiger partial charge in [0.2, 0.25) is 11.0 Å². The molecule has 0 saturated carbocycles. The second-order valence-corrected chi connectivity index (χ2v) is 9.16. The van der Waals surface area contributed by atoms with Crippen LogP contribution in [0.2, 0.25) is 5.02 Å². The van der Waals surface area contributed by atoms with E-state index in [4.69, 9.17) is 16.6 Å². The average Bonchev–Trinajstić information content (AvgIpc) is 3.25. The van der Waals surface area contributed by atoms with Crippen LogP contribution in [0, 0.1) is 0 Å². The van der Waals surface area contributed by atoms with E-state index in [-0.39, 0.29) is 17.9 Å². The van der Waals surface area contributed by atoms with Crippen molar-refractivity contribution in [2.75, 3.05) is 24.5 Å². The van der Waals surface area contributed by atoms with Gasteiger partial charge in [0.25, 0.3) is 0 Å². The molecule has 2 atom stereocenters. The van der Waals surface area contributed by atoms with Crippen LogP contribution in [-0.2, 0) is 11.2 Å². The first-order valence-corrected chi connectivity index (χ1v) is 11.9. The molecule has 0 N–H and O–H groups in total. The summed E-state index contributed by atoms with van der Waals surface area (Å²) in [6, 6.07) is 18.0. The second-order valence-electron chi connectivity index (χ2n) is 7.99. The Morgan fingerprint density at radius 1 is 1.16 bits per heavy atom. The Kier molecular flexibility index (Phi) is 6.88. The third kappa shape index (κ3) is 5.08. The maximum Gasteiger partial charge on any atom is 0.230 e. The summed E-state index contributed by atoms with van der Waals surface area (Å²) in [5.41, 5.74) is 2.24. The van der Waals surface area contributed by atoms with Crippen LogP contribution in [0.1, 0.15) is 43.1 Å². The fourth-order valence-electron chi connectivity index (χ4n) is 4.13. The number of hydrogen-bond acceptors (Lipinski definition) is 5. The van der Waals surface area contributed by atoms with Crippen molar-refractivity contribution in [1.29, 1.82) is 0 Å². The van der Waals surface area contributed by atoms with Crippen molar-refractivity contribution in [2.24, 2.45) is 0 Å². The molecule has 4 rings (SSSR count). The van der Waals surface area contributed by atoms with Crippen LogP contribution in [0.25, 0.3) is 0 Å². The minimum atomic E-state index is -0.0808. The van der Waals surface area contributed by atoms with Crippen molar-refractivity contribution >= 4 is 34.2 Å². The van der Waals surface area contributed by atoms with Crippen molar-refractivity contribution in [3.8, 4) is 0 Å². The molecule has 1 aliphatic rings. The summed E-state index contributed by atoms with van der Waals surface area (Å²) in [5, 5.41) is 1.66. The highest BCUT2D eigenvalue weighted by atomic mass is 35.5. The molecule has 0 bridgehead atoms. The Hall–Kier alpha value is -2.44. The first-order valence-electron chi connectivity index (χ1n) is 10.7. The van der Waals surface area contributed by atoms with E-state index in [1.165, 1.54) is 11.5 Å². The summed E-state index contributed by atoms with van der Waals surface area (Å²) in [6.45, 7) is 6.45. The molecule has 0 aliphatic carbocycles. The number of carbonyl (C=O) groups excluding carboxylic acids is 1. The molecule has 7 heteroatoms. The topological polar surface area (TPSA) is 49.3 Å². The van der Waals surface area contributed by atoms with Gasteiger partial charge in [0.05, 0.1) is 5.92 Å². The standard InChI is InChI=1S/C24H27ClN4OS/c1-3-21(19-7-5-4-6-8-19)23(30)29-14-13-28(16-17(29)2)24-26-22(27-31-24)15-18-9-11-20(25)12-10-18/h4-12,17,21H,3,13-16H2,1-2H3. The molecule has 1 aromatic heterocycles. The smallest absolute Gasteiger partial charge is 0.230 e. The Morgan fingerprint density at radius 3 is 2.58 bits per heavy atom. The van der Waals surface area contributed by atoms with Gasteiger partial charge in [-0.1, -0.05) is 61.0 Å². The average molecular weight is 455 g/mol. The lowest BCUT2D eigenvalue weighted by Crippen LogP contribution is -2.55. The number of hydrogen-bond donors (Lipinski definition) is 0. The summed E-state index contributed by atoms with van der Waals surface area (Å²) in [6.07, 6.45) is 1.50. The van der Waals surface area contributed by atoms with E-state index in [1.54, 1.807) is 0 Å². The molecule has 31 heavy (non-hydrogen) atoms. The zero-order chi connectivity index (χ0) is 21.8. The zero-order valence-corrected chi connectivity index (χ0v) is 19.4. The fraction of sp³-hybridized carbons (Fsp3) is 0.375. The normalized spacial score (nSPS) is 17.6. The van der Waals surface area contributed by atoms with Crippen LogP contribution in [0.3, 0.4) is 0 Å². The number of amides is 1. The van der Waals surface area contributed by atoms with E-state index in [1.807, 2.05) is 47.4 Å². The van der Waals surface area contributed by atoms with Crippen molar-refractivity contribution in [3.63, 3.8) is 0 Å². The van der Waals surface area contributed by atoms with Crippen molar-refractivity contribution < 1.29 is 4.79 Å². The third-order valence-corrected chi connectivity index (χ3v) is 6.89. The van der Waals surface area contributed by atoms with Gasteiger partial charge in [0, 0.05) is 48.7 Å². The quantitative estimate of drug-likeness (QED) is 0.525. The molecule has 0 spiro atoms. The number of anilines is 1. The second kappa shape index (κ2) is 9.79. The third-order valence-electron chi connectivity index (χ3n) is 5.82. The van der Waals surface area contributed by atoms with E-state index in [0.29, 0.717) is 13.0 Å². The maximum atomic E-state index is 13.3. The molecule has 0 radical (unpaired) electrons. The number of nitrogens with zero attached hydrogens (tertiary/aromatic N) is 4. The van der Waals surface area contributed by atoms with Gasteiger partial charge in [-0.2, -0.15) is 4.37 Å². The van der Waals surface area contributed by atoms with Gasteiger partial charge >= 0.3 is 0 Å². The number of benzene rings is 2. The number of rotatable bonds is 6. The van der Waals surface area contributed by atoms with Gasteiger partial charge in [-0.25, -0.2) is 4.98 Å². The first-order chi connectivity index (χ1) is 15.0. The highest BCUT2D eigenvalue weighted by molar-refractivity contribution is 7.09. The molecule has 1 aliphatic heterocycles. The predicted molar refractivity (Wildman–Crippen MR) is 127 cm³/mol. The SMILES string of the molecule is CCC(C(=O)N1CCN(c2nc(Cc3ccc(Cl)cc3)ns2)CC1C)c1ccccc1. The summed E-state index contributed by atoms with van der Waals surface area (Å²) < 4.78 is 4.54. The highest BCUT2D eigenvalue weighted by Crippen LogP contribution is 2.27. The van der Waals surface area contributed by atoms with E-state index in [0.717, 1.165) is 46.6 Å². The molecule has 3 aromatic rings. The van der Waals surface area contributed by atoms with Crippen LogP contribution in [-0.4, -0.2) is 45.8 Å². The minimum absolute atomic E-state index is 0.0808. The molecular weight excluding hydrogens is 428 g/mol. The number of carbonyl (C=O) groups is 1. The van der Waals surface area contributed by atoms with Gasteiger partial charge in [0.1, 0.15) is 5.82 Å². The molecule has 2 unspecified atom stereocenters. The van der Waals surface area contributed by atoms with Crippen LogP contribution < -0.4 is 4.90 Å². The summed E-state index contributed by atoms with van der Waals surface area (Å²) in [4.78, 5) is 22.3. The van der Waals surface area contributed by atoms with Gasteiger partial charge < -0.3 is 9.80 Å². The summed E-state index contributed by atoms with van der Waals surface area (Å²) in [5.74, 6) is 0.966. The fourth-order valence-corrected chi connectivity index (χ4v) is 4.97. The Morgan fingerprint density at radius 2 is 1.90 bits per heavy atom. The Balaban J connectivity index is 1.39. The molecule has 1 amide bonds. The lowest BCUT2D eigenvalue weighted by molar-refractivity contribution is -0.135. The van der Waals surface area contributed by atoms with Crippen LogP contribution in [0.4, 0.5) is 5.13 Å². The van der Waals surface area contributed by atoms with Crippen molar-refractivity contribution in [1.82, 2.24) is 14.3 Å². The van der Waals surface area contributed by atoms with Crippen LogP contribution >= 0.6 is 23.1 Å². The summed E-state index contributed by atoms with van der Waals surface area (Å²) in [7, 11) is 0. The largest absolute Gasteiger partial charge is 0.343 e. The highest BCUT2D eigenvalue weighted by Gasteiger charge is 2.32. The first kappa shape index (κ1) is 21.8. The van der Waals surface area contributed by atoms with E-state index in [9.17, 15) is 4.79 Å². The Labute approximate surface area is 192 Å². The molecule has 1 saturated heterocycles. The maximum absolute atomic E-state index is 13.3. The van der Waals surface area contributed by atoms with Gasteiger partial charge in [-0.05, 0) is 36.6 Å². The van der Waals surface area contributed by atoms with E-state index in [2.05, 4.69) is 35.3 Å². The minimum Gasteiger partial charge on any atom is -0.343 e. The van der Waals surface area contributed by atoms with Crippen LogP contribution in [0.5, 0.6) is 0 Å². The van der Waals surface area contributed by atoms with E-state index >= 15 is 0 Å². The molecule has 5 nitrogen and oxygen atoms in total. The van der Waals surface area contributed by atoms with Crippen molar-refractivity contribution in [2.45, 2.75) is 38.6 Å². The monoisotopic (exact) mass is 454 g/mol. The van der Waals surface area contributed by atoms with Gasteiger partial charge in [-0.3, -0.25) is 4.79 Å².